The Labute approximate surface area is 98.3 Å². The Hall–Kier alpha value is -1.15. The van der Waals surface area contributed by atoms with Crippen molar-refractivity contribution < 1.29 is 0 Å². The number of aryl methyl sites for hydroxylation is 2. The van der Waals surface area contributed by atoms with Crippen LogP contribution in [0.25, 0.3) is 11.3 Å². The topological polar surface area (TPSA) is 12.9 Å². The SMILES string of the molecule is Cc1cc(-c2ccccn2)cc(C)c1Br. The number of pyridine rings is 1. The van der Waals surface area contributed by atoms with Crippen molar-refractivity contribution in [3.63, 3.8) is 0 Å². The molecule has 1 nitrogen and oxygen atoms in total. The lowest BCUT2D eigenvalue weighted by Crippen LogP contribution is -1.87. The van der Waals surface area contributed by atoms with Gasteiger partial charge in [0.2, 0.25) is 0 Å². The molecule has 15 heavy (non-hydrogen) atoms. The highest BCUT2D eigenvalue weighted by Crippen LogP contribution is 2.27. The summed E-state index contributed by atoms with van der Waals surface area (Å²) in [6.45, 7) is 4.20. The lowest BCUT2D eigenvalue weighted by atomic mass is 10.0. The molecule has 0 spiro atoms. The van der Waals surface area contributed by atoms with E-state index in [-0.39, 0.29) is 0 Å². The van der Waals surface area contributed by atoms with E-state index >= 15 is 0 Å². The van der Waals surface area contributed by atoms with Gasteiger partial charge in [0.1, 0.15) is 0 Å². The third-order valence-corrected chi connectivity index (χ3v) is 3.65. The zero-order chi connectivity index (χ0) is 10.8. The van der Waals surface area contributed by atoms with E-state index in [0.717, 1.165) is 5.69 Å². The van der Waals surface area contributed by atoms with Crippen molar-refractivity contribution in [3.05, 3.63) is 52.1 Å². The molecule has 2 aromatic rings. The Balaban J connectivity index is 2.56. The molecule has 1 aromatic carbocycles. The summed E-state index contributed by atoms with van der Waals surface area (Å²) in [6.07, 6.45) is 1.82. The lowest BCUT2D eigenvalue weighted by molar-refractivity contribution is 1.29. The van der Waals surface area contributed by atoms with E-state index < -0.39 is 0 Å². The van der Waals surface area contributed by atoms with Gasteiger partial charge in [-0.1, -0.05) is 22.0 Å². The molecule has 0 fully saturated rings. The van der Waals surface area contributed by atoms with Gasteiger partial charge in [-0.3, -0.25) is 4.98 Å². The zero-order valence-electron chi connectivity index (χ0n) is 8.79. The summed E-state index contributed by atoms with van der Waals surface area (Å²) >= 11 is 3.57. The van der Waals surface area contributed by atoms with Crippen LogP contribution in [-0.4, -0.2) is 4.98 Å². The van der Waals surface area contributed by atoms with Crippen LogP contribution in [0.4, 0.5) is 0 Å². The molecule has 0 aliphatic heterocycles. The van der Waals surface area contributed by atoms with Crippen LogP contribution in [0.3, 0.4) is 0 Å². The number of hydrogen-bond donors (Lipinski definition) is 0. The number of aromatic nitrogens is 1. The Morgan fingerprint density at radius 1 is 1.07 bits per heavy atom. The molecule has 0 aliphatic carbocycles. The van der Waals surface area contributed by atoms with Gasteiger partial charge >= 0.3 is 0 Å². The average molecular weight is 262 g/mol. The Morgan fingerprint density at radius 3 is 2.27 bits per heavy atom. The molecule has 1 heterocycles. The Kier molecular flexibility index (Phi) is 2.87. The van der Waals surface area contributed by atoms with E-state index in [0.29, 0.717) is 0 Å². The van der Waals surface area contributed by atoms with Crippen LogP contribution in [-0.2, 0) is 0 Å². The summed E-state index contributed by atoms with van der Waals surface area (Å²) in [5, 5.41) is 0. The molecule has 2 rings (SSSR count). The van der Waals surface area contributed by atoms with E-state index in [1.165, 1.54) is 21.2 Å². The van der Waals surface area contributed by atoms with Gasteiger partial charge < -0.3 is 0 Å². The molecular formula is C13H12BrN. The molecule has 0 aliphatic rings. The molecule has 0 N–H and O–H groups in total. The molecule has 0 radical (unpaired) electrons. The van der Waals surface area contributed by atoms with Crippen molar-refractivity contribution in [2.24, 2.45) is 0 Å². The van der Waals surface area contributed by atoms with Gasteiger partial charge in [0.25, 0.3) is 0 Å². The van der Waals surface area contributed by atoms with Crippen LogP contribution >= 0.6 is 15.9 Å². The van der Waals surface area contributed by atoms with Crippen molar-refractivity contribution in [2.45, 2.75) is 13.8 Å². The number of hydrogen-bond acceptors (Lipinski definition) is 1. The molecule has 0 bridgehead atoms. The maximum atomic E-state index is 4.35. The second kappa shape index (κ2) is 4.15. The molecule has 76 valence electrons. The smallest absolute Gasteiger partial charge is 0.0702 e. The maximum Gasteiger partial charge on any atom is 0.0702 e. The highest BCUT2D eigenvalue weighted by atomic mass is 79.9. The summed E-state index contributed by atoms with van der Waals surface area (Å²) in [7, 11) is 0. The fourth-order valence-corrected chi connectivity index (χ4v) is 1.86. The van der Waals surface area contributed by atoms with Crippen molar-refractivity contribution in [2.75, 3.05) is 0 Å². The van der Waals surface area contributed by atoms with Crippen LogP contribution in [0, 0.1) is 13.8 Å². The van der Waals surface area contributed by atoms with E-state index in [1.807, 2.05) is 24.4 Å². The van der Waals surface area contributed by atoms with Crippen LogP contribution in [0.15, 0.2) is 41.0 Å². The van der Waals surface area contributed by atoms with Crippen molar-refractivity contribution in [1.82, 2.24) is 4.98 Å². The van der Waals surface area contributed by atoms with Crippen LogP contribution < -0.4 is 0 Å². The predicted molar refractivity (Wildman–Crippen MR) is 66.8 cm³/mol. The first kappa shape index (κ1) is 10.4. The first-order chi connectivity index (χ1) is 7.18. The van der Waals surface area contributed by atoms with E-state index in [4.69, 9.17) is 0 Å². The van der Waals surface area contributed by atoms with Gasteiger partial charge in [-0.15, -0.1) is 0 Å². The maximum absolute atomic E-state index is 4.35. The fourth-order valence-electron chi connectivity index (χ4n) is 1.63. The standard InChI is InChI=1S/C13H12BrN/c1-9-7-11(8-10(2)13(9)14)12-5-3-4-6-15-12/h3-8H,1-2H3. The van der Waals surface area contributed by atoms with Gasteiger partial charge in [0, 0.05) is 16.2 Å². The van der Waals surface area contributed by atoms with E-state index in [1.54, 1.807) is 0 Å². The van der Waals surface area contributed by atoms with Crippen LogP contribution in [0.1, 0.15) is 11.1 Å². The van der Waals surface area contributed by atoms with Crippen LogP contribution in [0.2, 0.25) is 0 Å². The van der Waals surface area contributed by atoms with Crippen molar-refractivity contribution in [1.29, 1.82) is 0 Å². The quantitative estimate of drug-likeness (QED) is 0.753. The average Bonchev–Trinajstić information content (AvgIpc) is 2.26. The predicted octanol–water partition coefficient (Wildman–Crippen LogP) is 4.13. The third kappa shape index (κ3) is 2.10. The Morgan fingerprint density at radius 2 is 1.73 bits per heavy atom. The largest absolute Gasteiger partial charge is 0.256 e. The molecular weight excluding hydrogens is 250 g/mol. The fraction of sp³-hybridized carbons (Fsp3) is 0.154. The van der Waals surface area contributed by atoms with Gasteiger partial charge in [0.05, 0.1) is 5.69 Å². The van der Waals surface area contributed by atoms with Gasteiger partial charge in [-0.25, -0.2) is 0 Å². The molecule has 0 saturated heterocycles. The van der Waals surface area contributed by atoms with Gasteiger partial charge in [-0.2, -0.15) is 0 Å². The Bertz CT molecular complexity index is 454. The number of nitrogens with zero attached hydrogens (tertiary/aromatic N) is 1. The van der Waals surface area contributed by atoms with Crippen molar-refractivity contribution in [3.8, 4) is 11.3 Å². The highest BCUT2D eigenvalue weighted by molar-refractivity contribution is 9.10. The molecule has 0 amide bonds. The van der Waals surface area contributed by atoms with E-state index in [9.17, 15) is 0 Å². The summed E-state index contributed by atoms with van der Waals surface area (Å²) in [5.41, 5.74) is 4.69. The number of halogens is 1. The van der Waals surface area contributed by atoms with E-state index in [2.05, 4.69) is 46.9 Å². The lowest BCUT2D eigenvalue weighted by Gasteiger charge is -2.07. The summed E-state index contributed by atoms with van der Waals surface area (Å²) < 4.78 is 1.18. The molecule has 1 aromatic heterocycles. The molecule has 0 atom stereocenters. The van der Waals surface area contributed by atoms with Gasteiger partial charge in [0.15, 0.2) is 0 Å². The second-order valence-electron chi connectivity index (χ2n) is 3.64. The molecule has 0 unspecified atom stereocenters. The molecule has 0 saturated carbocycles. The summed E-state index contributed by atoms with van der Waals surface area (Å²) in [5.74, 6) is 0. The first-order valence-electron chi connectivity index (χ1n) is 4.86. The monoisotopic (exact) mass is 261 g/mol. The minimum Gasteiger partial charge on any atom is -0.256 e. The summed E-state index contributed by atoms with van der Waals surface area (Å²) in [4.78, 5) is 4.35. The minimum absolute atomic E-state index is 1.02. The normalized spacial score (nSPS) is 10.3. The van der Waals surface area contributed by atoms with Gasteiger partial charge in [-0.05, 0) is 49.2 Å². The minimum atomic E-state index is 1.02. The first-order valence-corrected chi connectivity index (χ1v) is 5.66. The third-order valence-electron chi connectivity index (χ3n) is 2.40. The van der Waals surface area contributed by atoms with Crippen LogP contribution in [0.5, 0.6) is 0 Å². The zero-order valence-corrected chi connectivity index (χ0v) is 10.4. The highest BCUT2D eigenvalue weighted by Gasteiger charge is 2.04. The second-order valence-corrected chi connectivity index (χ2v) is 4.43. The molecule has 2 heteroatoms. The summed E-state index contributed by atoms with van der Waals surface area (Å²) in [6, 6.07) is 10.3. The van der Waals surface area contributed by atoms with Crippen molar-refractivity contribution >= 4 is 15.9 Å². The number of benzene rings is 1. The number of rotatable bonds is 1.